The molecule has 0 unspecified atom stereocenters. The number of hydrogen-bond acceptors (Lipinski definition) is 6. The molecular weight excluding hydrogens is 364 g/mol. The predicted molar refractivity (Wildman–Crippen MR) is 105 cm³/mol. The van der Waals surface area contributed by atoms with E-state index in [0.29, 0.717) is 11.8 Å². The van der Waals surface area contributed by atoms with Crippen molar-refractivity contribution in [3.63, 3.8) is 0 Å². The first-order valence-electron chi connectivity index (χ1n) is 8.75. The Bertz CT molecular complexity index is 975. The van der Waals surface area contributed by atoms with Gasteiger partial charge in [0.05, 0.1) is 6.20 Å². The molecule has 0 saturated carbocycles. The van der Waals surface area contributed by atoms with Crippen LogP contribution in [0.2, 0.25) is 0 Å². The molecule has 2 aromatic carbocycles. The van der Waals surface area contributed by atoms with Crippen molar-refractivity contribution in [3.05, 3.63) is 71.9 Å². The van der Waals surface area contributed by atoms with E-state index in [4.69, 9.17) is 4.74 Å². The lowest BCUT2D eigenvalue weighted by Gasteiger charge is -2.23. The summed E-state index contributed by atoms with van der Waals surface area (Å²) in [5, 5.41) is 8.54. The number of nitrogens with one attached hydrogen (secondary N) is 1. The Labute approximate surface area is 161 Å². The Morgan fingerprint density at radius 2 is 1.64 bits per heavy atom. The molecule has 28 heavy (non-hydrogen) atoms. The fourth-order valence-electron chi connectivity index (χ4n) is 2.49. The molecule has 1 aliphatic heterocycles. The van der Waals surface area contributed by atoms with Crippen LogP contribution in [-0.2, 0) is 0 Å². The average Bonchev–Trinajstić information content (AvgIpc) is 2.71. The molecule has 1 N–H and O–H groups in total. The SMILES string of the molecule is CC.CN1N=C(c2c(F)cccc2F)Oc2cnc(Nc3ccccc3)nc21. The number of nitrogens with zero attached hydrogens (tertiary/aromatic N) is 4. The summed E-state index contributed by atoms with van der Waals surface area (Å²) in [5.74, 6) is -0.741. The number of hydrazone groups is 1. The molecule has 0 atom stereocenters. The third-order valence-corrected chi connectivity index (χ3v) is 3.70. The minimum absolute atomic E-state index is 0.192. The van der Waals surface area contributed by atoms with Gasteiger partial charge in [-0.3, -0.25) is 0 Å². The number of anilines is 3. The molecular formula is C20H19F2N5O. The van der Waals surface area contributed by atoms with Crippen molar-refractivity contribution in [2.24, 2.45) is 5.10 Å². The van der Waals surface area contributed by atoms with Gasteiger partial charge in [0.1, 0.15) is 17.2 Å². The van der Waals surface area contributed by atoms with Crippen molar-refractivity contribution in [2.45, 2.75) is 13.8 Å². The third-order valence-electron chi connectivity index (χ3n) is 3.70. The van der Waals surface area contributed by atoms with Crippen molar-refractivity contribution < 1.29 is 13.5 Å². The van der Waals surface area contributed by atoms with E-state index in [9.17, 15) is 8.78 Å². The molecule has 0 aliphatic carbocycles. The highest BCUT2D eigenvalue weighted by atomic mass is 19.1. The average molecular weight is 383 g/mol. The lowest BCUT2D eigenvalue weighted by Crippen LogP contribution is -2.27. The van der Waals surface area contributed by atoms with Crippen molar-refractivity contribution in [1.82, 2.24) is 9.97 Å². The molecule has 0 radical (unpaired) electrons. The van der Waals surface area contributed by atoms with Gasteiger partial charge in [-0.1, -0.05) is 38.1 Å². The molecule has 0 bridgehead atoms. The number of halogens is 2. The van der Waals surface area contributed by atoms with Gasteiger partial charge < -0.3 is 10.1 Å². The van der Waals surface area contributed by atoms with E-state index < -0.39 is 11.6 Å². The van der Waals surface area contributed by atoms with Crippen molar-refractivity contribution in [2.75, 3.05) is 17.4 Å². The lowest BCUT2D eigenvalue weighted by molar-refractivity contribution is 0.505. The number of rotatable bonds is 3. The second-order valence-corrected chi connectivity index (χ2v) is 5.50. The zero-order chi connectivity index (χ0) is 20.1. The molecule has 6 nitrogen and oxygen atoms in total. The van der Waals surface area contributed by atoms with Gasteiger partial charge in [0.2, 0.25) is 11.8 Å². The van der Waals surface area contributed by atoms with Crippen LogP contribution >= 0.6 is 0 Å². The normalized spacial score (nSPS) is 12.2. The molecule has 2 heterocycles. The number of fused-ring (bicyclic) bond motifs is 1. The fourth-order valence-corrected chi connectivity index (χ4v) is 2.49. The predicted octanol–water partition coefficient (Wildman–Crippen LogP) is 4.72. The van der Waals surface area contributed by atoms with Crippen molar-refractivity contribution in [1.29, 1.82) is 0 Å². The first-order chi connectivity index (χ1) is 13.6. The van der Waals surface area contributed by atoms with Crippen LogP contribution in [0.1, 0.15) is 19.4 Å². The van der Waals surface area contributed by atoms with Gasteiger partial charge >= 0.3 is 0 Å². The Morgan fingerprint density at radius 1 is 0.964 bits per heavy atom. The number of benzene rings is 2. The summed E-state index contributed by atoms with van der Waals surface area (Å²) in [4.78, 5) is 8.52. The summed E-state index contributed by atoms with van der Waals surface area (Å²) in [6.07, 6.45) is 1.43. The third kappa shape index (κ3) is 3.90. The largest absolute Gasteiger partial charge is 0.431 e. The molecule has 144 valence electrons. The minimum atomic E-state index is -0.760. The lowest BCUT2D eigenvalue weighted by atomic mass is 10.2. The summed E-state index contributed by atoms with van der Waals surface area (Å²) in [6, 6.07) is 13.0. The first-order valence-corrected chi connectivity index (χ1v) is 8.75. The van der Waals surface area contributed by atoms with E-state index in [1.54, 1.807) is 7.05 Å². The summed E-state index contributed by atoms with van der Waals surface area (Å²) in [5.41, 5.74) is 0.487. The molecule has 8 heteroatoms. The highest BCUT2D eigenvalue weighted by Crippen LogP contribution is 2.31. The number of ether oxygens (including phenoxy) is 1. The second-order valence-electron chi connectivity index (χ2n) is 5.50. The molecule has 3 aromatic rings. The fraction of sp³-hybridized carbons (Fsp3) is 0.150. The molecule has 1 aliphatic rings. The van der Waals surface area contributed by atoms with Crippen LogP contribution in [0.15, 0.2) is 59.8 Å². The molecule has 0 amide bonds. The Morgan fingerprint density at radius 3 is 2.32 bits per heavy atom. The van der Waals surface area contributed by atoms with E-state index in [1.807, 2.05) is 44.2 Å². The maximum Gasteiger partial charge on any atom is 0.250 e. The quantitative estimate of drug-likeness (QED) is 0.709. The van der Waals surface area contributed by atoms with Gasteiger partial charge in [-0.15, -0.1) is 5.10 Å². The van der Waals surface area contributed by atoms with Crippen molar-refractivity contribution >= 4 is 23.4 Å². The van der Waals surface area contributed by atoms with Crippen LogP contribution in [0.4, 0.5) is 26.2 Å². The van der Waals surface area contributed by atoms with Gasteiger partial charge in [-0.2, -0.15) is 4.98 Å². The minimum Gasteiger partial charge on any atom is -0.431 e. The van der Waals surface area contributed by atoms with E-state index >= 15 is 0 Å². The summed E-state index contributed by atoms with van der Waals surface area (Å²) in [7, 11) is 1.61. The Hall–Kier alpha value is -3.55. The first kappa shape index (κ1) is 19.2. The second kappa shape index (κ2) is 8.43. The number of hydrogen-bond donors (Lipinski definition) is 1. The van der Waals surface area contributed by atoms with Gasteiger partial charge in [0, 0.05) is 12.7 Å². The van der Waals surface area contributed by atoms with Gasteiger partial charge in [-0.25, -0.2) is 18.8 Å². The van der Waals surface area contributed by atoms with Crippen LogP contribution in [-0.4, -0.2) is 22.9 Å². The Kier molecular flexibility index (Phi) is 5.78. The summed E-state index contributed by atoms with van der Waals surface area (Å²) >= 11 is 0. The standard InChI is InChI=1S/C18H13F2N5O.C2H6/c1-25-16-14(10-21-18(23-16)22-11-6-3-2-4-7-11)26-17(24-25)15-12(19)8-5-9-13(15)20;1-2/h2-10H,1H3,(H,21,22,23);1-2H3. The topological polar surface area (TPSA) is 62.6 Å². The highest BCUT2D eigenvalue weighted by molar-refractivity contribution is 5.98. The number of aromatic nitrogens is 2. The zero-order valence-electron chi connectivity index (χ0n) is 15.6. The molecule has 4 rings (SSSR count). The molecule has 0 saturated heterocycles. The van der Waals surface area contributed by atoms with Gasteiger partial charge in [-0.05, 0) is 24.3 Å². The maximum absolute atomic E-state index is 14.0. The summed E-state index contributed by atoms with van der Waals surface area (Å²) in [6.45, 7) is 4.00. The van der Waals surface area contributed by atoms with Crippen LogP contribution in [0, 0.1) is 11.6 Å². The van der Waals surface area contributed by atoms with E-state index in [-0.39, 0.29) is 17.2 Å². The Balaban J connectivity index is 0.00000109. The smallest absolute Gasteiger partial charge is 0.250 e. The van der Waals surface area contributed by atoms with E-state index in [0.717, 1.165) is 17.8 Å². The maximum atomic E-state index is 14.0. The van der Waals surface area contributed by atoms with Gasteiger partial charge in [0.15, 0.2) is 11.6 Å². The van der Waals surface area contributed by atoms with Crippen LogP contribution < -0.4 is 15.1 Å². The van der Waals surface area contributed by atoms with E-state index in [2.05, 4.69) is 20.4 Å². The number of para-hydroxylation sites is 1. The molecule has 1 aromatic heterocycles. The van der Waals surface area contributed by atoms with Crippen LogP contribution in [0.5, 0.6) is 5.75 Å². The van der Waals surface area contributed by atoms with Crippen LogP contribution in [0.25, 0.3) is 0 Å². The van der Waals surface area contributed by atoms with Crippen molar-refractivity contribution in [3.8, 4) is 5.75 Å². The highest BCUT2D eigenvalue weighted by Gasteiger charge is 2.26. The monoisotopic (exact) mass is 383 g/mol. The molecule has 0 spiro atoms. The molecule has 0 fully saturated rings. The van der Waals surface area contributed by atoms with E-state index in [1.165, 1.54) is 17.3 Å². The zero-order valence-corrected chi connectivity index (χ0v) is 15.6. The van der Waals surface area contributed by atoms with Crippen LogP contribution in [0.3, 0.4) is 0 Å². The van der Waals surface area contributed by atoms with Gasteiger partial charge in [0.25, 0.3) is 0 Å². The summed E-state index contributed by atoms with van der Waals surface area (Å²) < 4.78 is 33.5.